The second-order valence-corrected chi connectivity index (χ2v) is 6.74. The fourth-order valence-electron chi connectivity index (χ4n) is 3.12. The fourth-order valence-corrected chi connectivity index (χ4v) is 3.12. The number of carbonyl (C=O) groups excluding carboxylic acids is 1. The first-order valence-electron chi connectivity index (χ1n) is 7.47. The highest BCUT2D eigenvalue weighted by molar-refractivity contribution is 5.78. The molecule has 1 N–H and O–H groups in total. The Morgan fingerprint density at radius 2 is 2.14 bits per heavy atom. The summed E-state index contributed by atoms with van der Waals surface area (Å²) >= 11 is 0. The Morgan fingerprint density at radius 3 is 2.81 bits per heavy atom. The van der Waals surface area contributed by atoms with Crippen molar-refractivity contribution in [3.05, 3.63) is 29.6 Å². The third-order valence-corrected chi connectivity index (χ3v) is 4.00. The molecule has 0 aliphatic carbocycles. The van der Waals surface area contributed by atoms with E-state index in [1.54, 1.807) is 6.20 Å². The van der Waals surface area contributed by atoms with Gasteiger partial charge in [0.1, 0.15) is 5.60 Å². The van der Waals surface area contributed by atoms with Crippen LogP contribution in [0.3, 0.4) is 0 Å². The van der Waals surface area contributed by atoms with E-state index in [1.807, 2.05) is 33.0 Å². The van der Waals surface area contributed by atoms with E-state index >= 15 is 0 Å². The number of hydrogen-bond acceptors (Lipinski definition) is 5. The van der Waals surface area contributed by atoms with Crippen LogP contribution in [0.2, 0.25) is 0 Å². The van der Waals surface area contributed by atoms with Gasteiger partial charge in [0, 0.05) is 23.5 Å². The van der Waals surface area contributed by atoms with Gasteiger partial charge < -0.3 is 14.8 Å². The molecule has 3 heterocycles. The molecule has 1 aromatic rings. The summed E-state index contributed by atoms with van der Waals surface area (Å²) in [6.07, 6.45) is 4.61. The Kier molecular flexibility index (Phi) is 3.50. The van der Waals surface area contributed by atoms with Crippen LogP contribution in [-0.4, -0.2) is 29.6 Å². The normalized spacial score (nSPS) is 23.9. The number of nitrogens with zero attached hydrogens (tertiary/aromatic N) is 1. The summed E-state index contributed by atoms with van der Waals surface area (Å²) in [5.74, 6) is -0.314. The van der Waals surface area contributed by atoms with Crippen LogP contribution in [0.4, 0.5) is 0 Å². The number of nitrogens with one attached hydrogen (secondary N) is 1. The minimum absolute atomic E-state index is 0.314. The molecule has 0 amide bonds. The van der Waals surface area contributed by atoms with E-state index in [1.165, 1.54) is 0 Å². The maximum Gasteiger partial charge on any atom is 0.340 e. The van der Waals surface area contributed by atoms with Crippen molar-refractivity contribution in [2.75, 3.05) is 13.1 Å². The van der Waals surface area contributed by atoms with Gasteiger partial charge in [0.05, 0.1) is 5.60 Å². The Labute approximate surface area is 125 Å². The molecule has 0 aromatic carbocycles. The first-order valence-corrected chi connectivity index (χ1v) is 7.47. The molecule has 0 bridgehead atoms. The number of rotatable bonds is 1. The molecule has 2 aliphatic rings. The van der Waals surface area contributed by atoms with E-state index in [0.29, 0.717) is 0 Å². The van der Waals surface area contributed by atoms with Gasteiger partial charge in [-0.05, 0) is 52.8 Å². The molecule has 1 fully saturated rings. The first-order chi connectivity index (χ1) is 9.91. The van der Waals surface area contributed by atoms with Crippen molar-refractivity contribution in [2.24, 2.45) is 0 Å². The predicted octanol–water partition coefficient (Wildman–Crippen LogP) is 2.07. The molecule has 21 heavy (non-hydrogen) atoms. The van der Waals surface area contributed by atoms with Crippen LogP contribution in [0.1, 0.15) is 50.8 Å². The highest BCUT2D eigenvalue weighted by Crippen LogP contribution is 2.48. The lowest BCUT2D eigenvalue weighted by Gasteiger charge is -2.34. The van der Waals surface area contributed by atoms with E-state index < -0.39 is 17.3 Å². The average molecular weight is 290 g/mol. The molecule has 1 unspecified atom stereocenters. The lowest BCUT2D eigenvalue weighted by atomic mass is 9.85. The van der Waals surface area contributed by atoms with Gasteiger partial charge >= 0.3 is 5.97 Å². The Balaban J connectivity index is 1.93. The molecule has 1 aromatic heterocycles. The predicted molar refractivity (Wildman–Crippen MR) is 77.7 cm³/mol. The quantitative estimate of drug-likeness (QED) is 0.802. The van der Waals surface area contributed by atoms with Gasteiger partial charge in [-0.2, -0.15) is 0 Å². The van der Waals surface area contributed by atoms with Crippen molar-refractivity contribution in [1.82, 2.24) is 10.3 Å². The maximum atomic E-state index is 12.5. The number of carbonyl (C=O) groups is 1. The molecule has 1 atom stereocenters. The fraction of sp³-hybridized carbons (Fsp3) is 0.625. The van der Waals surface area contributed by atoms with Crippen molar-refractivity contribution in [3.63, 3.8) is 0 Å². The van der Waals surface area contributed by atoms with Gasteiger partial charge in [-0.25, -0.2) is 4.79 Å². The summed E-state index contributed by atoms with van der Waals surface area (Å²) in [6.45, 7) is 7.37. The van der Waals surface area contributed by atoms with Crippen LogP contribution in [0.15, 0.2) is 18.5 Å². The Morgan fingerprint density at radius 1 is 1.43 bits per heavy atom. The van der Waals surface area contributed by atoms with Crippen LogP contribution in [0.5, 0.6) is 0 Å². The summed E-state index contributed by atoms with van der Waals surface area (Å²) < 4.78 is 11.7. The number of piperidine rings is 1. The molecule has 1 spiro atoms. The van der Waals surface area contributed by atoms with E-state index in [2.05, 4.69) is 10.3 Å². The number of hydrogen-bond donors (Lipinski definition) is 1. The largest absolute Gasteiger partial charge is 0.458 e. The highest BCUT2D eigenvalue weighted by Gasteiger charge is 2.49. The molecule has 5 heteroatoms. The van der Waals surface area contributed by atoms with Gasteiger partial charge in [-0.1, -0.05) is 0 Å². The van der Waals surface area contributed by atoms with Crippen molar-refractivity contribution in [1.29, 1.82) is 0 Å². The molecule has 3 rings (SSSR count). The summed E-state index contributed by atoms with van der Waals surface area (Å²) in [6, 6.07) is 1.88. The van der Waals surface area contributed by atoms with E-state index in [-0.39, 0.29) is 5.97 Å². The zero-order valence-corrected chi connectivity index (χ0v) is 12.8. The van der Waals surface area contributed by atoms with Crippen molar-refractivity contribution in [3.8, 4) is 0 Å². The zero-order chi connectivity index (χ0) is 15.1. The third kappa shape index (κ3) is 2.68. The summed E-state index contributed by atoms with van der Waals surface area (Å²) in [5.41, 5.74) is 1.04. The lowest BCUT2D eigenvalue weighted by Crippen LogP contribution is -2.40. The second-order valence-electron chi connectivity index (χ2n) is 6.74. The maximum absolute atomic E-state index is 12.5. The smallest absolute Gasteiger partial charge is 0.340 e. The minimum Gasteiger partial charge on any atom is -0.458 e. The monoisotopic (exact) mass is 290 g/mol. The molecule has 0 saturated carbocycles. The summed E-state index contributed by atoms with van der Waals surface area (Å²) in [4.78, 5) is 16.7. The molecule has 0 radical (unpaired) electrons. The molecule has 114 valence electrons. The highest BCUT2D eigenvalue weighted by atomic mass is 16.6. The first kappa shape index (κ1) is 14.5. The number of esters is 1. The number of pyridine rings is 1. The van der Waals surface area contributed by atoms with E-state index in [0.717, 1.165) is 37.1 Å². The van der Waals surface area contributed by atoms with Crippen molar-refractivity contribution >= 4 is 5.97 Å². The van der Waals surface area contributed by atoms with Crippen molar-refractivity contribution < 1.29 is 14.3 Å². The Hall–Kier alpha value is -1.46. The van der Waals surface area contributed by atoms with E-state index in [9.17, 15) is 4.79 Å². The van der Waals surface area contributed by atoms with Crippen LogP contribution < -0.4 is 5.32 Å². The summed E-state index contributed by atoms with van der Waals surface area (Å²) in [7, 11) is 0. The molecule has 2 aliphatic heterocycles. The van der Waals surface area contributed by atoms with Gasteiger partial charge in [-0.3, -0.25) is 4.98 Å². The number of ether oxygens (including phenoxy) is 2. The SMILES string of the molecule is CC(C)(C)OC(=O)C1OC2(CCNCC2)c2cnccc21. The topological polar surface area (TPSA) is 60.5 Å². The second kappa shape index (κ2) is 5.07. The van der Waals surface area contributed by atoms with E-state index in [4.69, 9.17) is 9.47 Å². The average Bonchev–Trinajstić information content (AvgIpc) is 2.74. The molecular weight excluding hydrogens is 268 g/mol. The Bertz CT molecular complexity index is 545. The molecule has 5 nitrogen and oxygen atoms in total. The molecular formula is C16H22N2O3. The van der Waals surface area contributed by atoms with Gasteiger partial charge in [-0.15, -0.1) is 0 Å². The summed E-state index contributed by atoms with van der Waals surface area (Å²) in [5, 5.41) is 3.33. The molecule has 1 saturated heterocycles. The van der Waals surface area contributed by atoms with Gasteiger partial charge in [0.2, 0.25) is 0 Å². The van der Waals surface area contributed by atoms with Crippen LogP contribution in [-0.2, 0) is 19.9 Å². The third-order valence-electron chi connectivity index (χ3n) is 4.00. The van der Waals surface area contributed by atoms with Crippen molar-refractivity contribution in [2.45, 2.75) is 50.9 Å². The van der Waals surface area contributed by atoms with Crippen LogP contribution in [0, 0.1) is 0 Å². The van der Waals surface area contributed by atoms with Crippen LogP contribution in [0.25, 0.3) is 0 Å². The minimum atomic E-state index is -0.639. The zero-order valence-electron chi connectivity index (χ0n) is 12.8. The number of aromatic nitrogens is 1. The standard InChI is InChI=1S/C16H22N2O3/c1-15(2,3)21-14(19)13-11-4-7-18-10-12(11)16(20-13)5-8-17-9-6-16/h4,7,10,13,17H,5-6,8-9H2,1-3H3. The lowest BCUT2D eigenvalue weighted by molar-refractivity contribution is -0.180. The number of fused-ring (bicyclic) bond motifs is 2. The van der Waals surface area contributed by atoms with Crippen LogP contribution >= 0.6 is 0 Å². The van der Waals surface area contributed by atoms with Gasteiger partial charge in [0.25, 0.3) is 0 Å². The van der Waals surface area contributed by atoms with Gasteiger partial charge in [0.15, 0.2) is 6.10 Å².